The Morgan fingerprint density at radius 3 is 3.09 bits per heavy atom. The average molecular weight is 302 g/mol. The molecule has 1 saturated heterocycles. The molecule has 6 nitrogen and oxygen atoms in total. The van der Waals surface area contributed by atoms with E-state index < -0.39 is 0 Å². The van der Waals surface area contributed by atoms with Crippen molar-refractivity contribution >= 4 is 0 Å². The van der Waals surface area contributed by atoms with E-state index in [0.717, 1.165) is 42.3 Å². The number of aromatic nitrogens is 2. The minimum Gasteiger partial charge on any atom is -0.496 e. The van der Waals surface area contributed by atoms with Gasteiger partial charge in [-0.3, -0.25) is 4.90 Å². The fourth-order valence-electron chi connectivity index (χ4n) is 2.72. The molecule has 3 rings (SSSR count). The van der Waals surface area contributed by atoms with Crippen molar-refractivity contribution in [2.24, 2.45) is 0 Å². The summed E-state index contributed by atoms with van der Waals surface area (Å²) in [5, 5.41) is 7.51. The Kier molecular flexibility index (Phi) is 4.40. The highest BCUT2D eigenvalue weighted by Gasteiger charge is 2.25. The Hall–Kier alpha value is -1.92. The topological polar surface area (TPSA) is 63.4 Å². The second-order valence-electron chi connectivity index (χ2n) is 5.73. The van der Waals surface area contributed by atoms with Gasteiger partial charge in [0.25, 0.3) is 0 Å². The first-order chi connectivity index (χ1) is 10.7. The normalized spacial score (nSPS) is 19.3. The van der Waals surface area contributed by atoms with Crippen molar-refractivity contribution in [1.82, 2.24) is 20.4 Å². The largest absolute Gasteiger partial charge is 0.496 e. The van der Waals surface area contributed by atoms with Crippen molar-refractivity contribution in [3.8, 4) is 5.75 Å². The molecule has 1 aliphatic heterocycles. The summed E-state index contributed by atoms with van der Waals surface area (Å²) in [5.74, 6) is 2.28. The number of rotatable bonds is 4. The molecule has 1 atom stereocenters. The Labute approximate surface area is 130 Å². The highest BCUT2D eigenvalue weighted by molar-refractivity contribution is 5.37. The number of hydrogen-bond acceptors (Lipinski definition) is 6. The zero-order valence-corrected chi connectivity index (χ0v) is 13.3. The number of methoxy groups -OCH3 is 1. The number of benzene rings is 1. The molecule has 1 N–H and O–H groups in total. The zero-order chi connectivity index (χ0) is 15.5. The standard InChI is InChI=1S/C16H22N4O2/c1-11-4-5-12(8-14(11)21-3)9-15-18-16(19-22-15)13-10-17-6-7-20(13)2/h4-5,8,13,17H,6-7,9-10H2,1-3H3. The van der Waals surface area contributed by atoms with Crippen LogP contribution in [0.15, 0.2) is 22.7 Å². The monoisotopic (exact) mass is 302 g/mol. The van der Waals surface area contributed by atoms with Crippen LogP contribution in [0.1, 0.15) is 28.9 Å². The highest BCUT2D eigenvalue weighted by Crippen LogP contribution is 2.22. The van der Waals surface area contributed by atoms with Crippen LogP contribution in [0.2, 0.25) is 0 Å². The van der Waals surface area contributed by atoms with Crippen LogP contribution >= 0.6 is 0 Å². The third kappa shape index (κ3) is 3.13. The van der Waals surface area contributed by atoms with Crippen LogP contribution in [0.3, 0.4) is 0 Å². The lowest BCUT2D eigenvalue weighted by molar-refractivity contribution is 0.190. The van der Waals surface area contributed by atoms with E-state index in [0.29, 0.717) is 12.3 Å². The van der Waals surface area contributed by atoms with Gasteiger partial charge in [-0.25, -0.2) is 0 Å². The van der Waals surface area contributed by atoms with E-state index in [1.807, 2.05) is 19.1 Å². The molecule has 2 heterocycles. The Balaban J connectivity index is 1.74. The summed E-state index contributed by atoms with van der Waals surface area (Å²) in [6.45, 7) is 4.87. The fraction of sp³-hybridized carbons (Fsp3) is 0.500. The molecule has 1 aromatic carbocycles. The third-order valence-electron chi connectivity index (χ3n) is 4.12. The van der Waals surface area contributed by atoms with Crippen LogP contribution in [0.4, 0.5) is 0 Å². The van der Waals surface area contributed by atoms with Gasteiger partial charge >= 0.3 is 0 Å². The lowest BCUT2D eigenvalue weighted by Gasteiger charge is -2.30. The number of aryl methyl sites for hydroxylation is 1. The van der Waals surface area contributed by atoms with Gasteiger partial charge < -0.3 is 14.6 Å². The first-order valence-electron chi connectivity index (χ1n) is 7.54. The Morgan fingerprint density at radius 2 is 2.32 bits per heavy atom. The maximum atomic E-state index is 5.42. The van der Waals surface area contributed by atoms with Crippen molar-refractivity contribution in [2.75, 3.05) is 33.8 Å². The van der Waals surface area contributed by atoms with Crippen LogP contribution < -0.4 is 10.1 Å². The van der Waals surface area contributed by atoms with Crippen molar-refractivity contribution in [1.29, 1.82) is 0 Å². The minimum absolute atomic E-state index is 0.179. The number of hydrogen-bond donors (Lipinski definition) is 1. The van der Waals surface area contributed by atoms with Gasteiger partial charge in [0.15, 0.2) is 5.82 Å². The molecule has 1 fully saturated rings. The van der Waals surface area contributed by atoms with Crippen molar-refractivity contribution in [2.45, 2.75) is 19.4 Å². The molecular weight excluding hydrogens is 280 g/mol. The fourth-order valence-corrected chi connectivity index (χ4v) is 2.72. The van der Waals surface area contributed by atoms with Crippen LogP contribution in [-0.2, 0) is 6.42 Å². The van der Waals surface area contributed by atoms with Crippen molar-refractivity contribution in [3.05, 3.63) is 41.0 Å². The molecule has 0 saturated carbocycles. The van der Waals surface area contributed by atoms with Gasteiger partial charge in [0.05, 0.1) is 19.6 Å². The van der Waals surface area contributed by atoms with Crippen molar-refractivity contribution in [3.63, 3.8) is 0 Å². The first kappa shape index (κ1) is 15.0. The summed E-state index contributed by atoms with van der Waals surface area (Å²) >= 11 is 0. The van der Waals surface area contributed by atoms with E-state index in [4.69, 9.17) is 9.26 Å². The van der Waals surface area contributed by atoms with E-state index in [-0.39, 0.29) is 6.04 Å². The molecular formula is C16H22N4O2. The summed E-state index contributed by atoms with van der Waals surface area (Å²) in [5.41, 5.74) is 2.22. The van der Waals surface area contributed by atoms with Crippen LogP contribution in [0.5, 0.6) is 5.75 Å². The number of piperazine rings is 1. The molecule has 1 unspecified atom stereocenters. The van der Waals surface area contributed by atoms with Gasteiger partial charge in [0.2, 0.25) is 5.89 Å². The van der Waals surface area contributed by atoms with Crippen LogP contribution in [0, 0.1) is 6.92 Å². The molecule has 0 amide bonds. The van der Waals surface area contributed by atoms with E-state index in [2.05, 4.69) is 33.5 Å². The van der Waals surface area contributed by atoms with E-state index in [9.17, 15) is 0 Å². The van der Waals surface area contributed by atoms with Gasteiger partial charge in [0.1, 0.15) is 5.75 Å². The predicted octanol–water partition coefficient (Wildman–Crippen LogP) is 1.55. The molecule has 118 valence electrons. The molecule has 1 aromatic heterocycles. The molecule has 6 heteroatoms. The van der Waals surface area contributed by atoms with Gasteiger partial charge in [-0.1, -0.05) is 17.3 Å². The second kappa shape index (κ2) is 6.46. The SMILES string of the molecule is COc1cc(Cc2nc(C3CNCCN3C)no2)ccc1C. The number of likely N-dealkylation sites (N-methyl/N-ethyl adjacent to an activating group) is 1. The minimum atomic E-state index is 0.179. The molecule has 0 spiro atoms. The first-order valence-corrected chi connectivity index (χ1v) is 7.54. The van der Waals surface area contributed by atoms with Crippen LogP contribution in [0.25, 0.3) is 0 Å². The van der Waals surface area contributed by atoms with E-state index in [1.165, 1.54) is 0 Å². The Morgan fingerprint density at radius 1 is 1.45 bits per heavy atom. The molecule has 1 aliphatic rings. The quantitative estimate of drug-likeness (QED) is 0.924. The maximum Gasteiger partial charge on any atom is 0.231 e. The van der Waals surface area contributed by atoms with Crippen LogP contribution in [-0.4, -0.2) is 48.8 Å². The van der Waals surface area contributed by atoms with Gasteiger partial charge in [-0.2, -0.15) is 4.98 Å². The second-order valence-corrected chi connectivity index (χ2v) is 5.73. The molecule has 2 aromatic rings. The van der Waals surface area contributed by atoms with Gasteiger partial charge in [0, 0.05) is 19.6 Å². The zero-order valence-electron chi connectivity index (χ0n) is 13.3. The van der Waals surface area contributed by atoms with Gasteiger partial charge in [-0.05, 0) is 31.2 Å². The third-order valence-corrected chi connectivity index (χ3v) is 4.12. The number of nitrogens with one attached hydrogen (secondary N) is 1. The molecule has 22 heavy (non-hydrogen) atoms. The smallest absolute Gasteiger partial charge is 0.231 e. The van der Waals surface area contributed by atoms with E-state index in [1.54, 1.807) is 7.11 Å². The number of nitrogens with zero attached hydrogens (tertiary/aromatic N) is 3. The number of ether oxygens (including phenoxy) is 1. The van der Waals surface area contributed by atoms with Gasteiger partial charge in [-0.15, -0.1) is 0 Å². The lowest BCUT2D eigenvalue weighted by Crippen LogP contribution is -2.44. The average Bonchev–Trinajstić information content (AvgIpc) is 2.98. The summed E-state index contributed by atoms with van der Waals surface area (Å²) in [4.78, 5) is 6.81. The summed E-state index contributed by atoms with van der Waals surface area (Å²) in [6, 6.07) is 6.31. The summed E-state index contributed by atoms with van der Waals surface area (Å²) in [7, 11) is 3.77. The van der Waals surface area contributed by atoms with E-state index >= 15 is 0 Å². The summed E-state index contributed by atoms with van der Waals surface area (Å²) in [6.07, 6.45) is 0.619. The predicted molar refractivity (Wildman–Crippen MR) is 83.1 cm³/mol. The molecule has 0 radical (unpaired) electrons. The maximum absolute atomic E-state index is 5.42. The highest BCUT2D eigenvalue weighted by atomic mass is 16.5. The molecule has 0 bridgehead atoms. The Bertz CT molecular complexity index is 641. The van der Waals surface area contributed by atoms with Crippen molar-refractivity contribution < 1.29 is 9.26 Å². The molecule has 0 aliphatic carbocycles. The summed E-state index contributed by atoms with van der Waals surface area (Å²) < 4.78 is 10.8. The lowest BCUT2D eigenvalue weighted by atomic mass is 10.1.